The molecule has 2 aromatic carbocycles. The van der Waals surface area contributed by atoms with Crippen LogP contribution in [0.4, 0.5) is 10.1 Å². The van der Waals surface area contributed by atoms with Crippen molar-refractivity contribution in [3.8, 4) is 0 Å². The Hall–Kier alpha value is -2.20. The molecule has 0 unspecified atom stereocenters. The number of nitrogens with zero attached hydrogens (tertiary/aromatic N) is 1. The van der Waals surface area contributed by atoms with Gasteiger partial charge >= 0.3 is 0 Å². The van der Waals surface area contributed by atoms with Gasteiger partial charge < -0.3 is 5.32 Å². The molecule has 4 heteroatoms. The Labute approximate surface area is 136 Å². The highest BCUT2D eigenvalue weighted by molar-refractivity contribution is 6.04. The number of halogens is 1. The first-order chi connectivity index (χ1) is 11.1. The topological polar surface area (TPSA) is 32.3 Å². The molecule has 1 amide bonds. The largest absolute Gasteiger partial charge is 0.322 e. The Balaban J connectivity index is 1.66. The predicted octanol–water partition coefficient (Wildman–Crippen LogP) is 3.98. The molecule has 2 aromatic rings. The van der Waals surface area contributed by atoms with Crippen LogP contribution in [-0.2, 0) is 6.54 Å². The molecule has 0 radical (unpaired) electrons. The van der Waals surface area contributed by atoms with E-state index in [1.54, 1.807) is 6.07 Å². The second kappa shape index (κ2) is 6.92. The van der Waals surface area contributed by atoms with Crippen LogP contribution in [0.15, 0.2) is 42.5 Å². The third-order valence-corrected chi connectivity index (χ3v) is 4.27. The van der Waals surface area contributed by atoms with Gasteiger partial charge in [0.15, 0.2) is 0 Å². The fourth-order valence-corrected chi connectivity index (χ4v) is 2.88. The van der Waals surface area contributed by atoms with Gasteiger partial charge in [-0.2, -0.15) is 0 Å². The smallest absolute Gasteiger partial charge is 0.255 e. The highest BCUT2D eigenvalue weighted by Crippen LogP contribution is 2.18. The minimum absolute atomic E-state index is 0.216. The zero-order valence-electron chi connectivity index (χ0n) is 13.3. The lowest BCUT2D eigenvalue weighted by Gasteiger charge is -2.14. The number of amides is 1. The van der Waals surface area contributed by atoms with Gasteiger partial charge in [-0.05, 0) is 68.2 Å². The number of carbonyl (C=O) groups is 1. The zero-order chi connectivity index (χ0) is 16.2. The normalized spacial score (nSPS) is 14.9. The first-order valence-electron chi connectivity index (χ1n) is 8.00. The van der Waals surface area contributed by atoms with Crippen molar-refractivity contribution in [3.63, 3.8) is 0 Å². The lowest BCUT2D eigenvalue weighted by molar-refractivity contribution is 0.102. The van der Waals surface area contributed by atoms with E-state index >= 15 is 0 Å². The van der Waals surface area contributed by atoms with Crippen LogP contribution >= 0.6 is 0 Å². The van der Waals surface area contributed by atoms with E-state index in [1.807, 2.05) is 31.2 Å². The van der Waals surface area contributed by atoms with Crippen LogP contribution in [0, 0.1) is 12.7 Å². The molecule has 3 nitrogen and oxygen atoms in total. The fraction of sp³-hybridized carbons (Fsp3) is 0.316. The summed E-state index contributed by atoms with van der Waals surface area (Å²) in [7, 11) is 0. The van der Waals surface area contributed by atoms with Crippen molar-refractivity contribution < 1.29 is 9.18 Å². The molecule has 0 aromatic heterocycles. The SMILES string of the molecule is Cc1ccc(F)cc1NC(=O)c1ccc(CN2CCCC2)cc1. The van der Waals surface area contributed by atoms with Gasteiger partial charge in [0.25, 0.3) is 5.91 Å². The third kappa shape index (κ3) is 3.96. The molecule has 1 fully saturated rings. The molecule has 1 heterocycles. The van der Waals surface area contributed by atoms with Gasteiger partial charge in [0, 0.05) is 17.8 Å². The summed E-state index contributed by atoms with van der Waals surface area (Å²) < 4.78 is 13.3. The van der Waals surface area contributed by atoms with Gasteiger partial charge in [0.05, 0.1) is 0 Å². The lowest BCUT2D eigenvalue weighted by atomic mass is 10.1. The molecule has 1 aliphatic rings. The lowest BCUT2D eigenvalue weighted by Crippen LogP contribution is -2.18. The van der Waals surface area contributed by atoms with E-state index in [0.717, 1.165) is 25.2 Å². The zero-order valence-corrected chi connectivity index (χ0v) is 13.3. The predicted molar refractivity (Wildman–Crippen MR) is 90.0 cm³/mol. The first-order valence-corrected chi connectivity index (χ1v) is 8.00. The second-order valence-corrected chi connectivity index (χ2v) is 6.09. The van der Waals surface area contributed by atoms with Crippen LogP contribution in [0.25, 0.3) is 0 Å². The van der Waals surface area contributed by atoms with Crippen molar-refractivity contribution in [1.29, 1.82) is 0 Å². The molecule has 0 bridgehead atoms. The molecule has 3 rings (SSSR count). The van der Waals surface area contributed by atoms with Crippen molar-refractivity contribution in [2.24, 2.45) is 0 Å². The van der Waals surface area contributed by atoms with Crippen LogP contribution in [0.5, 0.6) is 0 Å². The summed E-state index contributed by atoms with van der Waals surface area (Å²) in [5, 5.41) is 2.77. The molecule has 1 N–H and O–H groups in total. The maximum Gasteiger partial charge on any atom is 0.255 e. The second-order valence-electron chi connectivity index (χ2n) is 6.09. The Morgan fingerprint density at radius 1 is 1.13 bits per heavy atom. The molecule has 1 saturated heterocycles. The van der Waals surface area contributed by atoms with Crippen molar-refractivity contribution >= 4 is 11.6 Å². The van der Waals surface area contributed by atoms with E-state index < -0.39 is 0 Å². The number of hydrogen-bond donors (Lipinski definition) is 1. The maximum atomic E-state index is 13.3. The quantitative estimate of drug-likeness (QED) is 0.926. The van der Waals surface area contributed by atoms with Crippen LogP contribution < -0.4 is 5.32 Å². The van der Waals surface area contributed by atoms with Crippen molar-refractivity contribution in [2.45, 2.75) is 26.3 Å². The highest BCUT2D eigenvalue weighted by atomic mass is 19.1. The van der Waals surface area contributed by atoms with Crippen LogP contribution in [-0.4, -0.2) is 23.9 Å². The monoisotopic (exact) mass is 312 g/mol. The number of hydrogen-bond acceptors (Lipinski definition) is 2. The van der Waals surface area contributed by atoms with E-state index in [1.165, 1.54) is 30.5 Å². The Morgan fingerprint density at radius 2 is 1.83 bits per heavy atom. The van der Waals surface area contributed by atoms with Crippen LogP contribution in [0.2, 0.25) is 0 Å². The Morgan fingerprint density at radius 3 is 2.52 bits per heavy atom. The van der Waals surface area contributed by atoms with E-state index in [-0.39, 0.29) is 11.7 Å². The molecule has 0 aliphatic carbocycles. The number of benzene rings is 2. The number of nitrogens with one attached hydrogen (secondary N) is 1. The minimum Gasteiger partial charge on any atom is -0.322 e. The van der Waals surface area contributed by atoms with Gasteiger partial charge in [0.2, 0.25) is 0 Å². The Bertz CT molecular complexity index is 691. The van der Waals surface area contributed by atoms with Gasteiger partial charge in [0.1, 0.15) is 5.82 Å². The van der Waals surface area contributed by atoms with Crippen molar-refractivity contribution in [1.82, 2.24) is 4.90 Å². The number of anilines is 1. The molecule has 0 spiro atoms. The molecule has 23 heavy (non-hydrogen) atoms. The standard InChI is InChI=1S/C19H21FN2O/c1-14-4-9-17(20)12-18(14)21-19(23)16-7-5-15(6-8-16)13-22-10-2-3-11-22/h4-9,12H,2-3,10-11,13H2,1H3,(H,21,23). The summed E-state index contributed by atoms with van der Waals surface area (Å²) in [4.78, 5) is 14.7. The average molecular weight is 312 g/mol. The molecule has 1 aliphatic heterocycles. The van der Waals surface area contributed by atoms with Gasteiger partial charge in [-0.15, -0.1) is 0 Å². The van der Waals surface area contributed by atoms with Gasteiger partial charge in [-0.3, -0.25) is 9.69 Å². The van der Waals surface area contributed by atoms with E-state index in [4.69, 9.17) is 0 Å². The fourth-order valence-electron chi connectivity index (χ4n) is 2.88. The van der Waals surface area contributed by atoms with E-state index in [9.17, 15) is 9.18 Å². The molecular formula is C19H21FN2O. The number of likely N-dealkylation sites (tertiary alicyclic amines) is 1. The summed E-state index contributed by atoms with van der Waals surface area (Å²) >= 11 is 0. The van der Waals surface area contributed by atoms with Gasteiger partial charge in [-0.1, -0.05) is 18.2 Å². The summed E-state index contributed by atoms with van der Waals surface area (Å²) in [5.41, 5.74) is 3.14. The number of rotatable bonds is 4. The molecule has 0 saturated carbocycles. The summed E-state index contributed by atoms with van der Waals surface area (Å²) in [6.45, 7) is 5.08. The summed E-state index contributed by atoms with van der Waals surface area (Å²) in [6.07, 6.45) is 2.54. The Kier molecular flexibility index (Phi) is 4.72. The van der Waals surface area contributed by atoms with Crippen molar-refractivity contribution in [3.05, 3.63) is 65.0 Å². The molecular weight excluding hydrogens is 291 g/mol. The summed E-state index contributed by atoms with van der Waals surface area (Å²) in [5.74, 6) is -0.571. The maximum absolute atomic E-state index is 13.3. The van der Waals surface area contributed by atoms with Crippen LogP contribution in [0.3, 0.4) is 0 Å². The third-order valence-electron chi connectivity index (χ3n) is 4.27. The minimum atomic E-state index is -0.355. The van der Waals surface area contributed by atoms with E-state index in [2.05, 4.69) is 10.2 Å². The number of aryl methyl sites for hydroxylation is 1. The first kappa shape index (κ1) is 15.7. The average Bonchev–Trinajstić information content (AvgIpc) is 3.04. The number of carbonyl (C=O) groups excluding carboxylic acids is 1. The van der Waals surface area contributed by atoms with Crippen molar-refractivity contribution in [2.75, 3.05) is 18.4 Å². The highest BCUT2D eigenvalue weighted by Gasteiger charge is 2.12. The molecule has 0 atom stereocenters. The van der Waals surface area contributed by atoms with Gasteiger partial charge in [-0.25, -0.2) is 4.39 Å². The summed E-state index contributed by atoms with van der Waals surface area (Å²) in [6, 6.07) is 12.0. The molecule has 120 valence electrons. The van der Waals surface area contributed by atoms with E-state index in [0.29, 0.717) is 11.3 Å². The van der Waals surface area contributed by atoms with Crippen LogP contribution in [0.1, 0.15) is 34.3 Å².